The van der Waals surface area contributed by atoms with Gasteiger partial charge < -0.3 is 28.4 Å². The molecule has 0 aromatic heterocycles. The van der Waals surface area contributed by atoms with Gasteiger partial charge in [-0.25, -0.2) is 0 Å². The predicted octanol–water partition coefficient (Wildman–Crippen LogP) is 1.77. The summed E-state index contributed by atoms with van der Waals surface area (Å²) in [6.45, 7) is 0. The number of carbonyl (C=O) groups is 4. The fraction of sp³-hybridized carbons (Fsp3) is 0.429. The maximum absolute atomic E-state index is 12.7. The first-order chi connectivity index (χ1) is 20.2. The summed E-state index contributed by atoms with van der Waals surface area (Å²) in [5.74, 6) is -0.827. The van der Waals surface area contributed by atoms with Gasteiger partial charge in [0.25, 0.3) is 11.8 Å². The number of hydrogen-bond acceptors (Lipinski definition) is 10. The van der Waals surface area contributed by atoms with E-state index >= 15 is 0 Å². The SMILES string of the molecule is COc1cc(C(=O)NNC(=O)C2CCC(C(=O)NNC(=O)c3cc(OC)c(OC)c(OC)c3)CC2)cc(OC)c1OC. The molecule has 1 aliphatic carbocycles. The Balaban J connectivity index is 1.49. The quantitative estimate of drug-likeness (QED) is 0.300. The highest BCUT2D eigenvalue weighted by molar-refractivity contribution is 5.97. The minimum atomic E-state index is -0.571. The molecule has 0 unspecified atom stereocenters. The van der Waals surface area contributed by atoms with Crippen LogP contribution in [0.5, 0.6) is 34.5 Å². The first-order valence-corrected chi connectivity index (χ1v) is 13.0. The largest absolute Gasteiger partial charge is 0.493 e. The van der Waals surface area contributed by atoms with Gasteiger partial charge in [0.05, 0.1) is 42.7 Å². The van der Waals surface area contributed by atoms with Crippen LogP contribution in [0.1, 0.15) is 46.4 Å². The number of ether oxygens (including phenoxy) is 6. The number of hydrazine groups is 2. The maximum Gasteiger partial charge on any atom is 0.269 e. The third-order valence-corrected chi connectivity index (χ3v) is 6.92. The normalized spacial score (nSPS) is 15.9. The minimum absolute atomic E-state index is 0.193. The predicted molar refractivity (Wildman–Crippen MR) is 149 cm³/mol. The Morgan fingerprint density at radius 3 is 1.02 bits per heavy atom. The van der Waals surface area contributed by atoms with Crippen molar-refractivity contribution in [3.8, 4) is 34.5 Å². The number of rotatable bonds is 10. The highest BCUT2D eigenvalue weighted by Crippen LogP contribution is 2.39. The Morgan fingerprint density at radius 2 is 0.786 bits per heavy atom. The molecule has 0 aliphatic heterocycles. The third-order valence-electron chi connectivity index (χ3n) is 6.92. The molecule has 2 aromatic carbocycles. The monoisotopic (exact) mass is 588 g/mol. The highest BCUT2D eigenvalue weighted by Gasteiger charge is 2.30. The highest BCUT2D eigenvalue weighted by atomic mass is 16.5. The molecule has 42 heavy (non-hydrogen) atoms. The molecule has 14 nitrogen and oxygen atoms in total. The van der Waals surface area contributed by atoms with Crippen LogP contribution in [0.3, 0.4) is 0 Å². The fourth-order valence-corrected chi connectivity index (χ4v) is 4.63. The molecule has 0 saturated heterocycles. The molecule has 0 spiro atoms. The lowest BCUT2D eigenvalue weighted by atomic mass is 9.81. The molecule has 1 saturated carbocycles. The van der Waals surface area contributed by atoms with E-state index in [1.54, 1.807) is 0 Å². The van der Waals surface area contributed by atoms with E-state index in [0.717, 1.165) is 0 Å². The Hall–Kier alpha value is -4.88. The van der Waals surface area contributed by atoms with Crippen molar-refractivity contribution in [2.24, 2.45) is 11.8 Å². The lowest BCUT2D eigenvalue weighted by Crippen LogP contribution is -2.47. The number of nitrogens with one attached hydrogen (secondary N) is 4. The Labute approximate surface area is 243 Å². The van der Waals surface area contributed by atoms with Crippen LogP contribution < -0.4 is 50.1 Å². The van der Waals surface area contributed by atoms with Crippen LogP contribution in [0.4, 0.5) is 0 Å². The molecule has 0 bridgehead atoms. The van der Waals surface area contributed by atoms with E-state index in [2.05, 4.69) is 21.7 Å². The average molecular weight is 589 g/mol. The molecular formula is C28H36N4O10. The summed E-state index contributed by atoms with van der Waals surface area (Å²) in [4.78, 5) is 50.7. The van der Waals surface area contributed by atoms with Crippen molar-refractivity contribution in [3.63, 3.8) is 0 Å². The first-order valence-electron chi connectivity index (χ1n) is 13.0. The zero-order valence-corrected chi connectivity index (χ0v) is 24.4. The molecule has 4 N–H and O–H groups in total. The summed E-state index contributed by atoms with van der Waals surface area (Å²) in [7, 11) is 8.63. The summed E-state index contributed by atoms with van der Waals surface area (Å²) in [6.07, 6.45) is 1.69. The van der Waals surface area contributed by atoms with E-state index in [9.17, 15) is 19.2 Å². The Bertz CT molecular complexity index is 1160. The van der Waals surface area contributed by atoms with Crippen LogP contribution in [0.25, 0.3) is 0 Å². The molecule has 14 heteroatoms. The topological polar surface area (TPSA) is 172 Å². The van der Waals surface area contributed by atoms with Crippen LogP contribution in [0.15, 0.2) is 24.3 Å². The van der Waals surface area contributed by atoms with Gasteiger partial charge in [-0.05, 0) is 49.9 Å². The van der Waals surface area contributed by atoms with Gasteiger partial charge in [-0.3, -0.25) is 40.9 Å². The summed E-state index contributed by atoms with van der Waals surface area (Å²) in [6, 6.07) is 5.86. The number of benzene rings is 2. The van der Waals surface area contributed by atoms with E-state index in [0.29, 0.717) is 60.2 Å². The van der Waals surface area contributed by atoms with E-state index < -0.39 is 23.7 Å². The summed E-state index contributed by atoms with van der Waals surface area (Å²) in [5.41, 5.74) is 10.1. The van der Waals surface area contributed by atoms with Gasteiger partial charge in [0, 0.05) is 23.0 Å². The molecule has 2 aromatic rings. The number of amides is 4. The Kier molecular flexibility index (Phi) is 11.0. The summed E-state index contributed by atoms with van der Waals surface area (Å²) < 4.78 is 31.5. The van der Waals surface area contributed by atoms with Gasteiger partial charge in [0.2, 0.25) is 23.3 Å². The second-order valence-corrected chi connectivity index (χ2v) is 9.26. The van der Waals surface area contributed by atoms with E-state index in [-0.39, 0.29) is 22.9 Å². The second kappa shape index (κ2) is 14.7. The van der Waals surface area contributed by atoms with Crippen LogP contribution in [0.2, 0.25) is 0 Å². The lowest BCUT2D eigenvalue weighted by molar-refractivity contribution is -0.131. The number of methoxy groups -OCH3 is 6. The van der Waals surface area contributed by atoms with Crippen molar-refractivity contribution in [2.45, 2.75) is 25.7 Å². The molecule has 1 aliphatic rings. The molecule has 1 fully saturated rings. The fourth-order valence-electron chi connectivity index (χ4n) is 4.63. The van der Waals surface area contributed by atoms with Crippen molar-refractivity contribution in [2.75, 3.05) is 42.7 Å². The van der Waals surface area contributed by atoms with E-state index in [4.69, 9.17) is 28.4 Å². The molecule has 0 atom stereocenters. The zero-order chi connectivity index (χ0) is 30.8. The van der Waals surface area contributed by atoms with E-state index in [1.807, 2.05) is 0 Å². The van der Waals surface area contributed by atoms with Gasteiger partial charge in [-0.15, -0.1) is 0 Å². The van der Waals surface area contributed by atoms with Crippen LogP contribution in [0, 0.1) is 11.8 Å². The van der Waals surface area contributed by atoms with Crippen LogP contribution >= 0.6 is 0 Å². The Morgan fingerprint density at radius 1 is 0.500 bits per heavy atom. The van der Waals surface area contributed by atoms with Crippen molar-refractivity contribution < 1.29 is 47.6 Å². The van der Waals surface area contributed by atoms with Crippen LogP contribution in [-0.4, -0.2) is 66.3 Å². The molecule has 4 amide bonds. The smallest absolute Gasteiger partial charge is 0.269 e. The van der Waals surface area contributed by atoms with E-state index in [1.165, 1.54) is 66.9 Å². The van der Waals surface area contributed by atoms with Gasteiger partial charge in [0.1, 0.15) is 0 Å². The molecule has 0 heterocycles. The first kappa shape index (κ1) is 31.6. The van der Waals surface area contributed by atoms with Gasteiger partial charge in [-0.2, -0.15) is 0 Å². The third kappa shape index (κ3) is 7.25. The second-order valence-electron chi connectivity index (χ2n) is 9.26. The number of hydrogen-bond donors (Lipinski definition) is 4. The van der Waals surface area contributed by atoms with Crippen molar-refractivity contribution >= 4 is 23.6 Å². The molecular weight excluding hydrogens is 552 g/mol. The number of carbonyl (C=O) groups excluding carboxylic acids is 4. The maximum atomic E-state index is 12.7. The van der Waals surface area contributed by atoms with Gasteiger partial charge >= 0.3 is 0 Å². The summed E-state index contributed by atoms with van der Waals surface area (Å²) in [5, 5.41) is 0. The van der Waals surface area contributed by atoms with Gasteiger partial charge in [-0.1, -0.05) is 0 Å². The van der Waals surface area contributed by atoms with Gasteiger partial charge in [0.15, 0.2) is 23.0 Å². The molecule has 3 rings (SSSR count). The zero-order valence-electron chi connectivity index (χ0n) is 24.4. The van der Waals surface area contributed by atoms with Crippen molar-refractivity contribution in [1.82, 2.24) is 21.7 Å². The van der Waals surface area contributed by atoms with Crippen molar-refractivity contribution in [3.05, 3.63) is 35.4 Å². The van der Waals surface area contributed by atoms with Crippen LogP contribution in [-0.2, 0) is 9.59 Å². The average Bonchev–Trinajstić information content (AvgIpc) is 3.03. The minimum Gasteiger partial charge on any atom is -0.493 e. The van der Waals surface area contributed by atoms with Crippen molar-refractivity contribution in [1.29, 1.82) is 0 Å². The standard InChI is InChI=1S/C28H36N4O10/c1-37-19-11-17(12-20(38-2)23(19)41-5)27(35)31-29-25(33)15-7-9-16(10-8-15)26(34)30-32-28(36)18-13-21(39-3)24(42-6)22(14-18)40-4/h11-16H,7-10H2,1-6H3,(H,29,33)(H,30,34)(H,31,35)(H,32,36). The summed E-state index contributed by atoms with van der Waals surface area (Å²) >= 11 is 0. The molecule has 228 valence electrons. The molecule has 0 radical (unpaired) electrons. The lowest BCUT2D eigenvalue weighted by Gasteiger charge is -2.27.